The molecule has 1 aliphatic heterocycles. The van der Waals surface area contributed by atoms with E-state index in [2.05, 4.69) is 6.58 Å². The first-order valence-electron chi connectivity index (χ1n) is 5.92. The summed E-state index contributed by atoms with van der Waals surface area (Å²) in [5.74, 6) is -3.11. The maximum Gasteiger partial charge on any atom is 0.265 e. The fourth-order valence-electron chi connectivity index (χ4n) is 2.18. The van der Waals surface area contributed by atoms with Crippen LogP contribution in [0.4, 0.5) is 8.78 Å². The first-order valence-corrected chi connectivity index (χ1v) is 5.92. The minimum Gasteiger partial charge on any atom is -0.333 e. The van der Waals surface area contributed by atoms with Crippen molar-refractivity contribution < 1.29 is 13.6 Å². The Morgan fingerprint density at radius 1 is 1.39 bits per heavy atom. The quantitative estimate of drug-likeness (QED) is 0.790. The predicted octanol–water partition coefficient (Wildman–Crippen LogP) is 3.20. The van der Waals surface area contributed by atoms with Gasteiger partial charge in [0.1, 0.15) is 0 Å². The van der Waals surface area contributed by atoms with Gasteiger partial charge in [0.2, 0.25) is 0 Å². The van der Waals surface area contributed by atoms with E-state index in [4.69, 9.17) is 0 Å². The van der Waals surface area contributed by atoms with Crippen LogP contribution in [0.1, 0.15) is 28.8 Å². The second kappa shape index (κ2) is 4.88. The number of carbonyl (C=O) groups is 1. The summed E-state index contributed by atoms with van der Waals surface area (Å²) in [5, 5.41) is 0. The van der Waals surface area contributed by atoms with Gasteiger partial charge in [0.25, 0.3) is 11.8 Å². The molecule has 96 valence electrons. The standard InChI is InChI=1S/C14H15F2NO/c1-2-11-6-3-4-7-12(11)13(18)17-9-5-8-14(15,16)10-17/h2-4,6-7H,1,5,8-10H2. The number of alkyl halides is 2. The molecule has 4 heteroatoms. The number of rotatable bonds is 2. The monoisotopic (exact) mass is 251 g/mol. The Morgan fingerprint density at radius 3 is 2.78 bits per heavy atom. The molecular formula is C14H15F2NO. The fourth-order valence-corrected chi connectivity index (χ4v) is 2.18. The van der Waals surface area contributed by atoms with Gasteiger partial charge in [0.05, 0.1) is 6.54 Å². The van der Waals surface area contributed by atoms with Crippen molar-refractivity contribution in [1.82, 2.24) is 4.90 Å². The van der Waals surface area contributed by atoms with Gasteiger partial charge in [0, 0.05) is 18.5 Å². The maximum absolute atomic E-state index is 13.3. The number of halogens is 2. The summed E-state index contributed by atoms with van der Waals surface area (Å²) in [4.78, 5) is 13.4. The number of nitrogens with zero attached hydrogens (tertiary/aromatic N) is 1. The molecule has 0 spiro atoms. The minimum atomic E-state index is -2.77. The molecule has 0 N–H and O–H groups in total. The van der Waals surface area contributed by atoms with E-state index in [1.165, 1.54) is 4.90 Å². The summed E-state index contributed by atoms with van der Waals surface area (Å²) in [6.07, 6.45) is 1.77. The SMILES string of the molecule is C=Cc1ccccc1C(=O)N1CCCC(F)(F)C1. The molecule has 1 saturated heterocycles. The van der Waals surface area contributed by atoms with Gasteiger partial charge in [-0.25, -0.2) is 8.78 Å². The van der Waals surface area contributed by atoms with Crippen LogP contribution in [0.5, 0.6) is 0 Å². The number of likely N-dealkylation sites (tertiary alicyclic amines) is 1. The lowest BCUT2D eigenvalue weighted by Crippen LogP contribution is -2.45. The van der Waals surface area contributed by atoms with Gasteiger partial charge in [-0.3, -0.25) is 4.79 Å². The highest BCUT2D eigenvalue weighted by molar-refractivity contribution is 5.97. The summed E-state index contributed by atoms with van der Waals surface area (Å²) in [5.41, 5.74) is 1.11. The molecule has 0 bridgehead atoms. The Labute approximate surface area is 105 Å². The van der Waals surface area contributed by atoms with Gasteiger partial charge in [0.15, 0.2) is 0 Å². The largest absolute Gasteiger partial charge is 0.333 e. The Bertz CT molecular complexity index is 471. The molecule has 1 amide bonds. The van der Waals surface area contributed by atoms with Crippen molar-refractivity contribution in [3.63, 3.8) is 0 Å². The Morgan fingerprint density at radius 2 is 2.11 bits per heavy atom. The highest BCUT2D eigenvalue weighted by Crippen LogP contribution is 2.27. The van der Waals surface area contributed by atoms with Gasteiger partial charge in [-0.15, -0.1) is 0 Å². The number of piperidine rings is 1. The number of amides is 1. The van der Waals surface area contributed by atoms with Crippen molar-refractivity contribution in [2.45, 2.75) is 18.8 Å². The van der Waals surface area contributed by atoms with E-state index in [-0.39, 0.29) is 12.3 Å². The second-order valence-electron chi connectivity index (χ2n) is 4.48. The molecular weight excluding hydrogens is 236 g/mol. The van der Waals surface area contributed by atoms with E-state index in [1.807, 2.05) is 0 Å². The summed E-state index contributed by atoms with van der Waals surface area (Å²) in [7, 11) is 0. The van der Waals surface area contributed by atoms with Crippen LogP contribution < -0.4 is 0 Å². The van der Waals surface area contributed by atoms with E-state index in [9.17, 15) is 13.6 Å². The first-order chi connectivity index (χ1) is 8.53. The maximum atomic E-state index is 13.3. The van der Waals surface area contributed by atoms with Gasteiger partial charge in [-0.1, -0.05) is 30.9 Å². The highest BCUT2D eigenvalue weighted by atomic mass is 19.3. The summed E-state index contributed by atoms with van der Waals surface area (Å²) in [6.45, 7) is 3.53. The molecule has 2 nitrogen and oxygen atoms in total. The third-order valence-electron chi connectivity index (χ3n) is 3.09. The van der Waals surface area contributed by atoms with Crippen molar-refractivity contribution >= 4 is 12.0 Å². The zero-order valence-corrected chi connectivity index (χ0v) is 10.0. The summed E-state index contributed by atoms with van der Waals surface area (Å²) < 4.78 is 26.6. The molecule has 0 atom stereocenters. The third-order valence-corrected chi connectivity index (χ3v) is 3.09. The summed E-state index contributed by atoms with van der Waals surface area (Å²) >= 11 is 0. The number of hydrogen-bond acceptors (Lipinski definition) is 1. The number of benzene rings is 1. The average Bonchev–Trinajstić information content (AvgIpc) is 2.36. The van der Waals surface area contributed by atoms with Crippen molar-refractivity contribution in [2.24, 2.45) is 0 Å². The molecule has 1 aliphatic rings. The molecule has 18 heavy (non-hydrogen) atoms. The zero-order chi connectivity index (χ0) is 13.2. The van der Waals surface area contributed by atoms with Crippen LogP contribution >= 0.6 is 0 Å². The molecule has 0 saturated carbocycles. The molecule has 0 aliphatic carbocycles. The van der Waals surface area contributed by atoms with Crippen LogP contribution in [-0.2, 0) is 0 Å². The summed E-state index contributed by atoms with van der Waals surface area (Å²) in [6, 6.07) is 6.91. The predicted molar refractivity (Wildman–Crippen MR) is 66.6 cm³/mol. The molecule has 1 heterocycles. The van der Waals surface area contributed by atoms with Crippen molar-refractivity contribution in [3.8, 4) is 0 Å². The third kappa shape index (κ3) is 2.58. The van der Waals surface area contributed by atoms with E-state index in [0.717, 1.165) is 0 Å². The lowest BCUT2D eigenvalue weighted by molar-refractivity contribution is -0.0560. The molecule has 0 unspecified atom stereocenters. The van der Waals surface area contributed by atoms with E-state index < -0.39 is 12.5 Å². The lowest BCUT2D eigenvalue weighted by Gasteiger charge is -2.32. The van der Waals surface area contributed by atoms with Gasteiger partial charge in [-0.2, -0.15) is 0 Å². The van der Waals surface area contributed by atoms with Crippen LogP contribution in [0, 0.1) is 0 Å². The van der Waals surface area contributed by atoms with Crippen molar-refractivity contribution in [1.29, 1.82) is 0 Å². The Hall–Kier alpha value is -1.71. The number of hydrogen-bond donors (Lipinski definition) is 0. The number of carbonyl (C=O) groups excluding carboxylic acids is 1. The van der Waals surface area contributed by atoms with E-state index in [0.29, 0.717) is 24.1 Å². The second-order valence-corrected chi connectivity index (χ2v) is 4.48. The lowest BCUT2D eigenvalue weighted by atomic mass is 10.0. The van der Waals surface area contributed by atoms with Crippen LogP contribution in [0.25, 0.3) is 6.08 Å². The van der Waals surface area contributed by atoms with Crippen molar-refractivity contribution in [2.75, 3.05) is 13.1 Å². The molecule has 1 fully saturated rings. The van der Waals surface area contributed by atoms with E-state index in [1.54, 1.807) is 30.3 Å². The first kappa shape index (κ1) is 12.7. The van der Waals surface area contributed by atoms with Gasteiger partial charge < -0.3 is 4.90 Å². The highest BCUT2D eigenvalue weighted by Gasteiger charge is 2.37. The molecule has 0 radical (unpaired) electrons. The van der Waals surface area contributed by atoms with Crippen LogP contribution in [0.3, 0.4) is 0 Å². The Kier molecular flexibility index (Phi) is 3.45. The van der Waals surface area contributed by atoms with E-state index >= 15 is 0 Å². The topological polar surface area (TPSA) is 20.3 Å². The fraction of sp³-hybridized carbons (Fsp3) is 0.357. The molecule has 1 aromatic carbocycles. The normalized spacial score (nSPS) is 18.4. The minimum absolute atomic E-state index is 0.139. The average molecular weight is 251 g/mol. The van der Waals surface area contributed by atoms with Crippen LogP contribution in [0.2, 0.25) is 0 Å². The Balaban J connectivity index is 2.23. The van der Waals surface area contributed by atoms with Gasteiger partial charge in [-0.05, 0) is 18.1 Å². The van der Waals surface area contributed by atoms with Crippen LogP contribution in [-0.4, -0.2) is 29.8 Å². The molecule has 1 aromatic rings. The zero-order valence-electron chi connectivity index (χ0n) is 10.0. The smallest absolute Gasteiger partial charge is 0.265 e. The van der Waals surface area contributed by atoms with Crippen molar-refractivity contribution in [3.05, 3.63) is 42.0 Å². The van der Waals surface area contributed by atoms with Crippen LogP contribution in [0.15, 0.2) is 30.8 Å². The molecule has 0 aromatic heterocycles. The molecule has 2 rings (SSSR count). The van der Waals surface area contributed by atoms with Gasteiger partial charge >= 0.3 is 0 Å².